The molecule has 0 spiro atoms. The van der Waals surface area contributed by atoms with E-state index in [1.54, 1.807) is 42.5 Å². The van der Waals surface area contributed by atoms with Crippen LogP contribution in [0.15, 0.2) is 66.7 Å². The number of aromatic nitrogens is 1. The van der Waals surface area contributed by atoms with Gasteiger partial charge in [0, 0.05) is 23.1 Å². The highest BCUT2D eigenvalue weighted by Gasteiger charge is 2.44. The van der Waals surface area contributed by atoms with Crippen molar-refractivity contribution in [2.45, 2.75) is 17.9 Å². The van der Waals surface area contributed by atoms with E-state index in [9.17, 15) is 14.8 Å². The third-order valence-corrected chi connectivity index (χ3v) is 6.71. The van der Waals surface area contributed by atoms with Crippen molar-refractivity contribution in [1.82, 2.24) is 9.88 Å². The van der Waals surface area contributed by atoms with Gasteiger partial charge in [-0.2, -0.15) is 5.26 Å². The smallest absolute Gasteiger partial charge is 0.217 e. The number of ether oxygens (including phenoxy) is 2. The van der Waals surface area contributed by atoms with Crippen LogP contribution in [0.2, 0.25) is 0 Å². The molecule has 1 N–H and O–H groups in total. The third-order valence-electron chi connectivity index (χ3n) is 6.71. The molecule has 3 aromatic carbocycles. The monoisotopic (exact) mass is 517 g/mol. The topological polar surface area (TPSA) is 78.6 Å². The first-order valence-corrected chi connectivity index (χ1v) is 12.1. The quantitative estimate of drug-likeness (QED) is 0.322. The number of aliphatic hydroxyl groups is 1. The first-order valence-electron chi connectivity index (χ1n) is 12.1. The van der Waals surface area contributed by atoms with Crippen LogP contribution in [-0.4, -0.2) is 49.9 Å². The molecule has 196 valence electrons. The summed E-state index contributed by atoms with van der Waals surface area (Å²) in [6, 6.07) is 19.3. The molecule has 0 saturated heterocycles. The minimum Gasteiger partial charge on any atom is -0.494 e. The summed E-state index contributed by atoms with van der Waals surface area (Å²) in [6.45, 7) is 0.414. The Hall–Kier alpha value is -4.06. The van der Waals surface area contributed by atoms with Gasteiger partial charge in [0.2, 0.25) is 5.88 Å². The molecule has 0 amide bonds. The molecule has 4 aromatic rings. The maximum absolute atomic E-state index is 16.0. The molecule has 1 heterocycles. The SMILES string of the molecule is COc1cccc(C(c2cc3cc(C#N)ccc3nc2OC)C(O)(CCN(C)C)c2cccc(F)c2)c1F. The number of methoxy groups -OCH3 is 2. The lowest BCUT2D eigenvalue weighted by molar-refractivity contribution is 0.00255. The Morgan fingerprint density at radius 1 is 1.00 bits per heavy atom. The van der Waals surface area contributed by atoms with E-state index in [0.717, 1.165) is 0 Å². The lowest BCUT2D eigenvalue weighted by Gasteiger charge is -2.39. The normalized spacial score (nSPS) is 13.7. The lowest BCUT2D eigenvalue weighted by Crippen LogP contribution is -2.38. The number of rotatable bonds is 9. The third kappa shape index (κ3) is 5.17. The molecule has 2 unspecified atom stereocenters. The fourth-order valence-electron chi connectivity index (χ4n) is 4.81. The molecule has 0 radical (unpaired) electrons. The van der Waals surface area contributed by atoms with Gasteiger partial charge in [0.05, 0.1) is 37.3 Å². The Morgan fingerprint density at radius 3 is 2.42 bits per heavy atom. The van der Waals surface area contributed by atoms with E-state index in [4.69, 9.17) is 9.47 Å². The van der Waals surface area contributed by atoms with Crippen LogP contribution in [0.3, 0.4) is 0 Å². The van der Waals surface area contributed by atoms with Gasteiger partial charge in [0.15, 0.2) is 11.6 Å². The molecule has 1 aromatic heterocycles. The summed E-state index contributed by atoms with van der Waals surface area (Å²) in [5.41, 5.74) is -0.0164. The summed E-state index contributed by atoms with van der Waals surface area (Å²) >= 11 is 0. The minimum atomic E-state index is -1.80. The van der Waals surface area contributed by atoms with Crippen molar-refractivity contribution in [3.05, 3.63) is 101 Å². The molecule has 0 aliphatic heterocycles. The van der Waals surface area contributed by atoms with Gasteiger partial charge in [-0.05, 0) is 68.5 Å². The van der Waals surface area contributed by atoms with Crippen molar-refractivity contribution in [3.8, 4) is 17.7 Å². The van der Waals surface area contributed by atoms with Crippen LogP contribution in [0.5, 0.6) is 11.6 Å². The molecule has 38 heavy (non-hydrogen) atoms. The molecule has 0 aliphatic carbocycles. The molecule has 0 saturated carbocycles. The molecular weight excluding hydrogens is 488 g/mol. The first kappa shape index (κ1) is 27.0. The van der Waals surface area contributed by atoms with Gasteiger partial charge < -0.3 is 19.5 Å². The van der Waals surface area contributed by atoms with Gasteiger partial charge in [0.1, 0.15) is 11.4 Å². The van der Waals surface area contributed by atoms with Crippen molar-refractivity contribution < 1.29 is 23.4 Å². The summed E-state index contributed by atoms with van der Waals surface area (Å²) < 4.78 is 41.4. The van der Waals surface area contributed by atoms with E-state index >= 15 is 4.39 Å². The first-order chi connectivity index (χ1) is 18.2. The second-order valence-electron chi connectivity index (χ2n) is 9.39. The van der Waals surface area contributed by atoms with Gasteiger partial charge in [-0.25, -0.2) is 13.8 Å². The highest BCUT2D eigenvalue weighted by atomic mass is 19.1. The second-order valence-corrected chi connectivity index (χ2v) is 9.39. The fourth-order valence-corrected chi connectivity index (χ4v) is 4.81. The van der Waals surface area contributed by atoms with Gasteiger partial charge in [-0.15, -0.1) is 0 Å². The summed E-state index contributed by atoms with van der Waals surface area (Å²) in [4.78, 5) is 6.51. The van der Waals surface area contributed by atoms with Crippen molar-refractivity contribution in [1.29, 1.82) is 5.26 Å². The predicted molar refractivity (Wildman–Crippen MR) is 141 cm³/mol. The number of halogens is 2. The number of nitriles is 1. The number of fused-ring (bicyclic) bond motifs is 1. The maximum atomic E-state index is 16.0. The zero-order valence-electron chi connectivity index (χ0n) is 21.7. The van der Waals surface area contributed by atoms with Gasteiger partial charge in [0.25, 0.3) is 0 Å². The van der Waals surface area contributed by atoms with Crippen molar-refractivity contribution in [2.75, 3.05) is 34.9 Å². The van der Waals surface area contributed by atoms with Crippen LogP contribution in [0.25, 0.3) is 10.9 Å². The summed E-state index contributed by atoms with van der Waals surface area (Å²) in [7, 11) is 6.52. The molecule has 0 bridgehead atoms. The molecule has 6 nitrogen and oxygen atoms in total. The lowest BCUT2D eigenvalue weighted by atomic mass is 9.71. The maximum Gasteiger partial charge on any atom is 0.217 e. The second kappa shape index (κ2) is 11.1. The zero-order chi connectivity index (χ0) is 27.4. The van der Waals surface area contributed by atoms with Crippen molar-refractivity contribution in [3.63, 3.8) is 0 Å². The minimum absolute atomic E-state index is 0.00110. The molecule has 2 atom stereocenters. The number of benzene rings is 3. The molecule has 0 aliphatic rings. The highest BCUT2D eigenvalue weighted by Crippen LogP contribution is 2.49. The van der Waals surface area contributed by atoms with Gasteiger partial charge in [-0.3, -0.25) is 0 Å². The van der Waals surface area contributed by atoms with E-state index < -0.39 is 23.2 Å². The zero-order valence-corrected chi connectivity index (χ0v) is 21.7. The standard InChI is InChI=1S/C30H29F2N3O3/c1-35(2)14-13-30(36,21-7-5-8-22(31)17-21)27(23-9-6-10-26(37-3)28(23)32)24-16-20-15-19(18-33)11-12-25(20)34-29(24)38-4/h5-12,15-17,27,36H,13-14H2,1-4H3. The van der Waals surface area contributed by atoms with Gasteiger partial charge in [-0.1, -0.05) is 24.3 Å². The van der Waals surface area contributed by atoms with Crippen LogP contribution in [0.1, 0.15) is 34.6 Å². The molecule has 4 rings (SSSR count). The summed E-state index contributed by atoms with van der Waals surface area (Å²) in [5.74, 6) is -2.10. The highest BCUT2D eigenvalue weighted by molar-refractivity contribution is 5.82. The van der Waals surface area contributed by atoms with Crippen LogP contribution in [-0.2, 0) is 5.60 Å². The van der Waals surface area contributed by atoms with Crippen LogP contribution < -0.4 is 9.47 Å². The summed E-state index contributed by atoms with van der Waals surface area (Å²) in [6.07, 6.45) is 0.129. The number of nitrogens with zero attached hydrogens (tertiary/aromatic N) is 3. The van der Waals surface area contributed by atoms with Crippen molar-refractivity contribution >= 4 is 10.9 Å². The van der Waals surface area contributed by atoms with E-state index in [-0.39, 0.29) is 29.2 Å². The molecule has 8 heteroatoms. The molecule has 0 fully saturated rings. The van der Waals surface area contributed by atoms with Gasteiger partial charge >= 0.3 is 0 Å². The Morgan fingerprint density at radius 2 is 1.76 bits per heavy atom. The van der Waals surface area contributed by atoms with Crippen LogP contribution in [0.4, 0.5) is 8.78 Å². The average molecular weight is 518 g/mol. The molecular formula is C30H29F2N3O3. The van der Waals surface area contributed by atoms with E-state index in [0.29, 0.717) is 28.6 Å². The van der Waals surface area contributed by atoms with E-state index in [2.05, 4.69) is 11.1 Å². The average Bonchev–Trinajstić information content (AvgIpc) is 2.92. The Labute approximate surface area is 220 Å². The predicted octanol–water partition coefficient (Wildman–Crippen LogP) is 5.37. The number of hydrogen-bond acceptors (Lipinski definition) is 6. The number of hydrogen-bond donors (Lipinski definition) is 1. The summed E-state index contributed by atoms with van der Waals surface area (Å²) in [5, 5.41) is 22.6. The van der Waals surface area contributed by atoms with E-state index in [1.807, 2.05) is 19.0 Å². The van der Waals surface area contributed by atoms with E-state index in [1.165, 1.54) is 38.5 Å². The van der Waals surface area contributed by atoms with Crippen molar-refractivity contribution in [2.24, 2.45) is 0 Å². The number of pyridine rings is 1. The fraction of sp³-hybridized carbons (Fsp3) is 0.267. The Balaban J connectivity index is 2.10. The Bertz CT molecular complexity index is 1500. The van der Waals surface area contributed by atoms with Crippen LogP contribution >= 0.6 is 0 Å². The Kier molecular flexibility index (Phi) is 7.91. The largest absolute Gasteiger partial charge is 0.494 e. The van der Waals surface area contributed by atoms with Crippen LogP contribution in [0, 0.1) is 23.0 Å².